The van der Waals surface area contributed by atoms with Crippen molar-refractivity contribution >= 4 is 5.91 Å². The summed E-state index contributed by atoms with van der Waals surface area (Å²) in [5.74, 6) is -0.986. The Morgan fingerprint density at radius 2 is 1.71 bits per heavy atom. The molecule has 156 valence electrons. The van der Waals surface area contributed by atoms with Gasteiger partial charge in [0.1, 0.15) is 5.82 Å². The van der Waals surface area contributed by atoms with Gasteiger partial charge in [-0.2, -0.15) is 5.10 Å². The number of benzene rings is 3. The number of amides is 1. The van der Waals surface area contributed by atoms with Crippen LogP contribution >= 0.6 is 0 Å². The first kappa shape index (κ1) is 20.5. The van der Waals surface area contributed by atoms with Crippen molar-refractivity contribution in [2.75, 3.05) is 6.61 Å². The van der Waals surface area contributed by atoms with Crippen molar-refractivity contribution in [3.63, 3.8) is 0 Å². The summed E-state index contributed by atoms with van der Waals surface area (Å²) < 4.78 is 14.8. The molecule has 1 amide bonds. The summed E-state index contributed by atoms with van der Waals surface area (Å²) in [6.07, 6.45) is 0.468. The number of hydrogen-bond acceptors (Lipinski definition) is 3. The zero-order valence-corrected chi connectivity index (χ0v) is 16.8. The molecule has 5 nitrogen and oxygen atoms in total. The number of aromatic amines is 1. The van der Waals surface area contributed by atoms with E-state index in [0.717, 1.165) is 11.1 Å². The van der Waals surface area contributed by atoms with E-state index in [2.05, 4.69) is 15.5 Å². The number of carbonyl (C=O) groups excluding carboxylic acids is 1. The third-order valence-corrected chi connectivity index (χ3v) is 5.06. The molecule has 1 aromatic heterocycles. The maximum absolute atomic E-state index is 14.8. The Bertz CT molecular complexity index is 1160. The molecule has 0 saturated carbocycles. The zero-order valence-electron chi connectivity index (χ0n) is 16.8. The fourth-order valence-corrected chi connectivity index (χ4v) is 3.52. The molecule has 3 N–H and O–H groups in total. The maximum Gasteiger partial charge on any atom is 0.252 e. The summed E-state index contributed by atoms with van der Waals surface area (Å²) in [6.45, 7) is -0.229. The molecule has 0 aliphatic heterocycles. The summed E-state index contributed by atoms with van der Waals surface area (Å²) >= 11 is 0. The molecule has 0 unspecified atom stereocenters. The highest BCUT2D eigenvalue weighted by atomic mass is 19.1. The van der Waals surface area contributed by atoms with E-state index in [1.165, 1.54) is 12.1 Å². The molecule has 0 saturated heterocycles. The van der Waals surface area contributed by atoms with Crippen molar-refractivity contribution in [2.24, 2.45) is 0 Å². The Balaban J connectivity index is 1.60. The number of carbonyl (C=O) groups is 1. The number of aliphatic hydroxyl groups excluding tert-OH is 1. The molecule has 31 heavy (non-hydrogen) atoms. The molecular weight excluding hydrogens is 393 g/mol. The van der Waals surface area contributed by atoms with Crippen LogP contribution in [0.2, 0.25) is 0 Å². The van der Waals surface area contributed by atoms with Crippen LogP contribution in [0.25, 0.3) is 22.5 Å². The third kappa shape index (κ3) is 4.70. The van der Waals surface area contributed by atoms with Crippen molar-refractivity contribution in [3.05, 3.63) is 102 Å². The number of hydrogen-bond donors (Lipinski definition) is 3. The molecular formula is C25H22FN3O2. The van der Waals surface area contributed by atoms with E-state index in [0.29, 0.717) is 17.8 Å². The van der Waals surface area contributed by atoms with E-state index in [1.54, 1.807) is 12.1 Å². The third-order valence-electron chi connectivity index (χ3n) is 5.06. The molecule has 0 aliphatic carbocycles. The van der Waals surface area contributed by atoms with Crippen LogP contribution in [0.4, 0.5) is 4.39 Å². The van der Waals surface area contributed by atoms with Gasteiger partial charge in [0.2, 0.25) is 0 Å². The minimum Gasteiger partial charge on any atom is -0.394 e. The van der Waals surface area contributed by atoms with Crippen LogP contribution in [0.1, 0.15) is 15.9 Å². The number of nitrogens with zero attached hydrogens (tertiary/aromatic N) is 1. The first-order valence-corrected chi connectivity index (χ1v) is 10.0. The van der Waals surface area contributed by atoms with Gasteiger partial charge < -0.3 is 10.4 Å². The van der Waals surface area contributed by atoms with Crippen LogP contribution in [-0.2, 0) is 6.42 Å². The van der Waals surface area contributed by atoms with Gasteiger partial charge in [0.05, 0.1) is 29.6 Å². The number of H-pyrrole nitrogens is 1. The van der Waals surface area contributed by atoms with Crippen LogP contribution in [0.3, 0.4) is 0 Å². The summed E-state index contributed by atoms with van der Waals surface area (Å²) in [7, 11) is 0. The predicted molar refractivity (Wildman–Crippen MR) is 118 cm³/mol. The van der Waals surface area contributed by atoms with Crippen LogP contribution in [0.15, 0.2) is 84.9 Å². The molecule has 1 heterocycles. The van der Waals surface area contributed by atoms with Gasteiger partial charge in [-0.3, -0.25) is 9.89 Å². The van der Waals surface area contributed by atoms with Crippen LogP contribution in [0.5, 0.6) is 0 Å². The average Bonchev–Trinajstić information content (AvgIpc) is 3.29. The van der Waals surface area contributed by atoms with Gasteiger partial charge in [0.15, 0.2) is 0 Å². The normalized spacial score (nSPS) is 11.8. The average molecular weight is 415 g/mol. The Morgan fingerprint density at radius 1 is 1.00 bits per heavy atom. The zero-order chi connectivity index (χ0) is 21.6. The lowest BCUT2D eigenvalue weighted by atomic mass is 10.0. The largest absolute Gasteiger partial charge is 0.394 e. The molecule has 0 radical (unpaired) electrons. The highest BCUT2D eigenvalue weighted by Crippen LogP contribution is 2.29. The quantitative estimate of drug-likeness (QED) is 0.423. The lowest BCUT2D eigenvalue weighted by Gasteiger charge is -2.18. The topological polar surface area (TPSA) is 78.0 Å². The molecule has 4 rings (SSSR count). The first-order valence-electron chi connectivity index (χ1n) is 10.0. The van der Waals surface area contributed by atoms with E-state index < -0.39 is 17.8 Å². The fourth-order valence-electron chi connectivity index (χ4n) is 3.52. The summed E-state index contributed by atoms with van der Waals surface area (Å²) in [6, 6.07) is 24.7. The second-order valence-electron chi connectivity index (χ2n) is 7.24. The molecule has 4 aromatic rings. The van der Waals surface area contributed by atoms with Gasteiger partial charge in [-0.25, -0.2) is 4.39 Å². The highest BCUT2D eigenvalue weighted by molar-refractivity contribution is 6.01. The standard InChI is InChI=1S/C25H22FN3O2/c26-21-13-7-12-20(25(31)27-19(16-30)14-17-8-3-1-4-9-17)24(21)23-15-22(28-29-23)18-10-5-2-6-11-18/h1-13,15,19,30H,14,16H2,(H,27,31)(H,28,29)/t19-/m1/s1. The van der Waals surface area contributed by atoms with Gasteiger partial charge in [-0.05, 0) is 30.2 Å². The Labute approximate surface area is 179 Å². The minimum absolute atomic E-state index is 0.145. The molecule has 1 atom stereocenters. The van der Waals surface area contributed by atoms with Crippen molar-refractivity contribution < 1.29 is 14.3 Å². The first-order chi connectivity index (χ1) is 15.2. The SMILES string of the molecule is O=C(N[C@@H](CO)Cc1ccccc1)c1cccc(F)c1-c1cc(-c2ccccc2)n[nH]1. The number of aliphatic hydroxyl groups is 1. The maximum atomic E-state index is 14.8. The smallest absolute Gasteiger partial charge is 0.252 e. The molecule has 6 heteroatoms. The number of nitrogens with one attached hydrogen (secondary N) is 2. The lowest BCUT2D eigenvalue weighted by molar-refractivity contribution is 0.0916. The lowest BCUT2D eigenvalue weighted by Crippen LogP contribution is -2.39. The van der Waals surface area contributed by atoms with Crippen LogP contribution in [-0.4, -0.2) is 33.9 Å². The van der Waals surface area contributed by atoms with Crippen LogP contribution < -0.4 is 5.32 Å². The van der Waals surface area contributed by atoms with Crippen molar-refractivity contribution in [2.45, 2.75) is 12.5 Å². The van der Waals surface area contributed by atoms with Gasteiger partial charge in [-0.15, -0.1) is 0 Å². The highest BCUT2D eigenvalue weighted by Gasteiger charge is 2.21. The fraction of sp³-hybridized carbons (Fsp3) is 0.120. The summed E-state index contributed by atoms with van der Waals surface area (Å²) in [5.41, 5.74) is 3.26. The number of halogens is 1. The van der Waals surface area contributed by atoms with E-state index in [1.807, 2.05) is 60.7 Å². The van der Waals surface area contributed by atoms with Gasteiger partial charge >= 0.3 is 0 Å². The molecule has 0 bridgehead atoms. The van der Waals surface area contributed by atoms with Crippen molar-refractivity contribution in [1.82, 2.24) is 15.5 Å². The van der Waals surface area contributed by atoms with Gasteiger partial charge in [-0.1, -0.05) is 66.7 Å². The Kier molecular flexibility index (Phi) is 6.19. The van der Waals surface area contributed by atoms with E-state index >= 15 is 0 Å². The predicted octanol–water partition coefficient (Wildman–Crippen LogP) is 4.22. The Morgan fingerprint density at radius 3 is 2.42 bits per heavy atom. The van der Waals surface area contributed by atoms with Crippen LogP contribution in [0, 0.1) is 5.82 Å². The van der Waals surface area contributed by atoms with E-state index in [9.17, 15) is 14.3 Å². The second kappa shape index (κ2) is 9.36. The molecule has 3 aromatic carbocycles. The molecule has 0 spiro atoms. The monoisotopic (exact) mass is 415 g/mol. The minimum atomic E-state index is -0.528. The van der Waals surface area contributed by atoms with Gasteiger partial charge in [0.25, 0.3) is 5.91 Å². The summed E-state index contributed by atoms with van der Waals surface area (Å²) in [4.78, 5) is 13.0. The van der Waals surface area contributed by atoms with Gasteiger partial charge in [0, 0.05) is 11.1 Å². The van der Waals surface area contributed by atoms with E-state index in [-0.39, 0.29) is 17.7 Å². The van der Waals surface area contributed by atoms with E-state index in [4.69, 9.17) is 0 Å². The summed E-state index contributed by atoms with van der Waals surface area (Å²) in [5, 5.41) is 19.7. The van der Waals surface area contributed by atoms with Crippen molar-refractivity contribution in [3.8, 4) is 22.5 Å². The number of rotatable bonds is 7. The molecule has 0 aliphatic rings. The van der Waals surface area contributed by atoms with Crippen molar-refractivity contribution in [1.29, 1.82) is 0 Å². The molecule has 0 fully saturated rings. The Hall–Kier alpha value is -3.77. The second-order valence-corrected chi connectivity index (χ2v) is 7.24. The number of aromatic nitrogens is 2.